The molecule has 0 amide bonds. The highest BCUT2D eigenvalue weighted by Crippen LogP contribution is 2.41. The maximum absolute atomic E-state index is 3.80. The van der Waals surface area contributed by atoms with E-state index in [1.54, 1.807) is 0 Å². The number of thioether (sulfide) groups is 1. The molecule has 0 radical (unpaired) electrons. The van der Waals surface area contributed by atoms with Crippen LogP contribution in [0.1, 0.15) is 26.2 Å². The van der Waals surface area contributed by atoms with Gasteiger partial charge in [-0.15, -0.1) is 11.8 Å². The second-order valence-corrected chi connectivity index (χ2v) is 6.97. The normalized spacial score (nSPS) is 28.2. The van der Waals surface area contributed by atoms with Crippen molar-refractivity contribution in [3.8, 4) is 0 Å². The van der Waals surface area contributed by atoms with E-state index in [1.165, 1.54) is 36.4 Å². The molecule has 2 aliphatic rings. The molecule has 1 saturated heterocycles. The van der Waals surface area contributed by atoms with Gasteiger partial charge in [0.05, 0.1) is 0 Å². The summed E-state index contributed by atoms with van der Waals surface area (Å²) in [6.07, 6.45) is 6.19. The van der Waals surface area contributed by atoms with Crippen molar-refractivity contribution in [2.45, 2.75) is 36.6 Å². The molecule has 1 N–H and O–H groups in total. The molecule has 2 nitrogen and oxygen atoms in total. The first-order valence-electron chi connectivity index (χ1n) is 7.35. The van der Waals surface area contributed by atoms with E-state index in [4.69, 9.17) is 0 Å². The average molecular weight is 276 g/mol. The molecule has 19 heavy (non-hydrogen) atoms. The van der Waals surface area contributed by atoms with Crippen LogP contribution in [-0.4, -0.2) is 31.4 Å². The van der Waals surface area contributed by atoms with Crippen LogP contribution in [0, 0.1) is 5.92 Å². The quantitative estimate of drug-likeness (QED) is 0.852. The Hall–Kier alpha value is -0.670. The average Bonchev–Trinajstić information content (AvgIpc) is 3.26. The minimum absolute atomic E-state index is 0.314. The number of hydrogen-bond acceptors (Lipinski definition) is 3. The molecule has 1 aromatic carbocycles. The molecule has 104 valence electrons. The lowest BCUT2D eigenvalue weighted by Gasteiger charge is -2.35. The summed E-state index contributed by atoms with van der Waals surface area (Å²) in [4.78, 5) is 3.92. The van der Waals surface area contributed by atoms with E-state index in [1.807, 2.05) is 11.8 Å². The number of hydrogen-bond donors (Lipinski definition) is 1. The van der Waals surface area contributed by atoms with Crippen LogP contribution in [0.5, 0.6) is 0 Å². The highest BCUT2D eigenvalue weighted by molar-refractivity contribution is 7.98. The van der Waals surface area contributed by atoms with Crippen LogP contribution in [-0.2, 0) is 0 Å². The third-order valence-corrected chi connectivity index (χ3v) is 5.31. The molecule has 3 rings (SSSR count). The van der Waals surface area contributed by atoms with Gasteiger partial charge in [0.2, 0.25) is 0 Å². The largest absolute Gasteiger partial charge is 0.370 e. The lowest BCUT2D eigenvalue weighted by atomic mass is 9.95. The summed E-state index contributed by atoms with van der Waals surface area (Å²) in [5, 5.41) is 3.80. The summed E-state index contributed by atoms with van der Waals surface area (Å²) in [7, 11) is 0. The van der Waals surface area contributed by atoms with Crippen molar-refractivity contribution >= 4 is 17.4 Å². The van der Waals surface area contributed by atoms with E-state index in [9.17, 15) is 0 Å². The topological polar surface area (TPSA) is 15.3 Å². The van der Waals surface area contributed by atoms with Crippen molar-refractivity contribution in [1.29, 1.82) is 0 Å². The van der Waals surface area contributed by atoms with Crippen molar-refractivity contribution in [3.63, 3.8) is 0 Å². The fourth-order valence-electron chi connectivity index (χ4n) is 3.18. The predicted octanol–water partition coefficient (Wildman–Crippen LogP) is 3.38. The Kier molecular flexibility index (Phi) is 3.77. The molecule has 2 fully saturated rings. The van der Waals surface area contributed by atoms with Crippen molar-refractivity contribution in [2.24, 2.45) is 5.92 Å². The molecule has 0 aromatic heterocycles. The number of nitrogens with zero attached hydrogens (tertiary/aromatic N) is 1. The number of benzene rings is 1. The van der Waals surface area contributed by atoms with E-state index < -0.39 is 0 Å². The van der Waals surface area contributed by atoms with Gasteiger partial charge in [-0.05, 0) is 69.2 Å². The van der Waals surface area contributed by atoms with E-state index in [0.717, 1.165) is 19.0 Å². The van der Waals surface area contributed by atoms with Crippen molar-refractivity contribution in [2.75, 3.05) is 30.8 Å². The minimum atomic E-state index is 0.314. The van der Waals surface area contributed by atoms with Crippen LogP contribution >= 0.6 is 11.8 Å². The van der Waals surface area contributed by atoms with Crippen molar-refractivity contribution in [3.05, 3.63) is 24.3 Å². The number of nitrogens with one attached hydrogen (secondary N) is 1. The Morgan fingerprint density at radius 1 is 1.26 bits per heavy atom. The van der Waals surface area contributed by atoms with Crippen LogP contribution in [0.3, 0.4) is 0 Å². The minimum Gasteiger partial charge on any atom is -0.370 e. The molecule has 1 heterocycles. The summed E-state index contributed by atoms with van der Waals surface area (Å²) in [6, 6.07) is 9.05. The molecule has 1 aliphatic carbocycles. The Labute approximate surface area is 121 Å². The summed E-state index contributed by atoms with van der Waals surface area (Å²) in [6.45, 7) is 5.90. The zero-order chi connectivity index (χ0) is 13.3. The van der Waals surface area contributed by atoms with Gasteiger partial charge in [-0.3, -0.25) is 0 Å². The molecule has 1 atom stereocenters. The second-order valence-electron chi connectivity index (χ2n) is 6.09. The van der Waals surface area contributed by atoms with E-state index >= 15 is 0 Å². The summed E-state index contributed by atoms with van der Waals surface area (Å²) < 4.78 is 0. The van der Waals surface area contributed by atoms with Crippen LogP contribution < -0.4 is 10.2 Å². The molecule has 0 spiro atoms. The smallest absolute Gasteiger partial charge is 0.0367 e. The highest BCUT2D eigenvalue weighted by atomic mass is 32.2. The van der Waals surface area contributed by atoms with Gasteiger partial charge in [0.25, 0.3) is 0 Å². The van der Waals surface area contributed by atoms with Gasteiger partial charge < -0.3 is 10.2 Å². The molecule has 3 heteroatoms. The summed E-state index contributed by atoms with van der Waals surface area (Å²) in [5.41, 5.74) is 1.70. The van der Waals surface area contributed by atoms with Crippen LogP contribution in [0.2, 0.25) is 0 Å². The molecular weight excluding hydrogens is 252 g/mol. The Morgan fingerprint density at radius 3 is 2.63 bits per heavy atom. The summed E-state index contributed by atoms with van der Waals surface area (Å²) in [5.74, 6) is 0.888. The van der Waals surface area contributed by atoms with Crippen LogP contribution in [0.25, 0.3) is 0 Å². The molecule has 1 aliphatic heterocycles. The SMILES string of the molecule is CSc1ccc(N2CCCNC(C)(C3CC3)C2)cc1. The first kappa shape index (κ1) is 13.3. The first-order valence-corrected chi connectivity index (χ1v) is 8.58. The highest BCUT2D eigenvalue weighted by Gasteiger charge is 2.43. The maximum Gasteiger partial charge on any atom is 0.0367 e. The molecule has 0 bridgehead atoms. The van der Waals surface area contributed by atoms with Gasteiger partial charge >= 0.3 is 0 Å². The number of anilines is 1. The van der Waals surface area contributed by atoms with Gasteiger partial charge in [0.1, 0.15) is 0 Å². The van der Waals surface area contributed by atoms with Gasteiger partial charge in [0.15, 0.2) is 0 Å². The fourth-order valence-corrected chi connectivity index (χ4v) is 3.59. The zero-order valence-corrected chi connectivity index (χ0v) is 12.8. The van der Waals surface area contributed by atoms with Gasteiger partial charge in [0, 0.05) is 29.2 Å². The zero-order valence-electron chi connectivity index (χ0n) is 12.0. The second kappa shape index (κ2) is 5.37. The summed E-state index contributed by atoms with van der Waals surface area (Å²) >= 11 is 1.81. The van der Waals surface area contributed by atoms with E-state index in [-0.39, 0.29) is 0 Å². The number of rotatable bonds is 3. The Morgan fingerprint density at radius 2 is 2.00 bits per heavy atom. The van der Waals surface area contributed by atoms with E-state index in [0.29, 0.717) is 5.54 Å². The maximum atomic E-state index is 3.80. The van der Waals surface area contributed by atoms with Crippen LogP contribution in [0.15, 0.2) is 29.2 Å². The van der Waals surface area contributed by atoms with E-state index in [2.05, 4.69) is 47.7 Å². The molecular formula is C16H24N2S. The predicted molar refractivity (Wildman–Crippen MR) is 84.2 cm³/mol. The molecule has 1 unspecified atom stereocenters. The van der Waals surface area contributed by atoms with Crippen molar-refractivity contribution < 1.29 is 0 Å². The Balaban J connectivity index is 1.77. The first-order chi connectivity index (χ1) is 9.21. The lowest BCUT2D eigenvalue weighted by Crippen LogP contribution is -2.51. The third-order valence-electron chi connectivity index (χ3n) is 4.57. The fraction of sp³-hybridized carbons (Fsp3) is 0.625. The van der Waals surface area contributed by atoms with Gasteiger partial charge in [-0.2, -0.15) is 0 Å². The standard InChI is InChI=1S/C16H24N2S/c1-16(13-4-5-13)12-18(11-3-10-17-16)14-6-8-15(19-2)9-7-14/h6-9,13,17H,3-5,10-12H2,1-2H3. The Bertz CT molecular complexity index is 427. The van der Waals surface area contributed by atoms with Gasteiger partial charge in [-0.1, -0.05) is 0 Å². The van der Waals surface area contributed by atoms with Gasteiger partial charge in [-0.25, -0.2) is 0 Å². The molecule has 1 aromatic rings. The third kappa shape index (κ3) is 2.92. The molecule has 1 saturated carbocycles. The van der Waals surface area contributed by atoms with Crippen molar-refractivity contribution in [1.82, 2.24) is 5.32 Å². The van der Waals surface area contributed by atoms with Crippen LogP contribution in [0.4, 0.5) is 5.69 Å². The lowest BCUT2D eigenvalue weighted by molar-refractivity contribution is 0.331. The monoisotopic (exact) mass is 276 g/mol.